The van der Waals surface area contributed by atoms with Gasteiger partial charge in [0.2, 0.25) is 0 Å². The molecule has 3 atom stereocenters. The first-order valence-electron chi connectivity index (χ1n) is 11.5. The first-order valence-corrected chi connectivity index (χ1v) is 11.5. The van der Waals surface area contributed by atoms with E-state index in [-0.39, 0.29) is 36.0 Å². The van der Waals surface area contributed by atoms with Crippen LogP contribution in [-0.2, 0) is 17.8 Å². The summed E-state index contributed by atoms with van der Waals surface area (Å²) in [4.78, 5) is 7.00. The van der Waals surface area contributed by atoms with E-state index in [4.69, 9.17) is 4.74 Å². The number of guanidine groups is 1. The fourth-order valence-electron chi connectivity index (χ4n) is 5.03. The number of halogens is 1. The van der Waals surface area contributed by atoms with Crippen LogP contribution in [0.4, 0.5) is 0 Å². The Labute approximate surface area is 205 Å². The SMILES string of the molecule is CN=C(NCc1ccccc1CN1CC(C)CC(C)C1)NCC1(CCO)CCOC1.I. The van der Waals surface area contributed by atoms with Crippen LogP contribution in [-0.4, -0.2) is 62.5 Å². The lowest BCUT2D eigenvalue weighted by molar-refractivity contribution is 0.127. The van der Waals surface area contributed by atoms with E-state index >= 15 is 0 Å². The van der Waals surface area contributed by atoms with Gasteiger partial charge in [-0.25, -0.2) is 0 Å². The predicted octanol–water partition coefficient (Wildman–Crippen LogP) is 3.24. The normalized spacial score (nSPS) is 27.0. The number of benzene rings is 1. The minimum Gasteiger partial charge on any atom is -0.396 e. The highest BCUT2D eigenvalue weighted by Gasteiger charge is 2.34. The van der Waals surface area contributed by atoms with Crippen molar-refractivity contribution in [3.05, 3.63) is 35.4 Å². The lowest BCUT2D eigenvalue weighted by atomic mass is 9.84. The lowest BCUT2D eigenvalue weighted by Crippen LogP contribution is -2.44. The van der Waals surface area contributed by atoms with Gasteiger partial charge in [0.25, 0.3) is 0 Å². The molecule has 0 aliphatic carbocycles. The zero-order valence-electron chi connectivity index (χ0n) is 19.4. The van der Waals surface area contributed by atoms with E-state index in [9.17, 15) is 5.11 Å². The van der Waals surface area contributed by atoms with Crippen molar-refractivity contribution >= 4 is 29.9 Å². The van der Waals surface area contributed by atoms with Crippen molar-refractivity contribution in [1.82, 2.24) is 15.5 Å². The number of piperidine rings is 1. The van der Waals surface area contributed by atoms with Crippen molar-refractivity contribution in [2.45, 2.75) is 46.2 Å². The Kier molecular flexibility index (Phi) is 11.0. The minimum absolute atomic E-state index is 0. The Morgan fingerprint density at radius 3 is 2.52 bits per heavy atom. The number of aliphatic hydroxyl groups excluding tert-OH is 1. The molecule has 2 aliphatic rings. The van der Waals surface area contributed by atoms with Gasteiger partial charge in [-0.3, -0.25) is 9.89 Å². The minimum atomic E-state index is 0. The van der Waals surface area contributed by atoms with Gasteiger partial charge in [0.1, 0.15) is 0 Å². The molecule has 7 heteroatoms. The van der Waals surface area contributed by atoms with Crippen LogP contribution >= 0.6 is 24.0 Å². The van der Waals surface area contributed by atoms with E-state index in [0.717, 1.165) is 56.9 Å². The van der Waals surface area contributed by atoms with Crippen LogP contribution in [0.3, 0.4) is 0 Å². The van der Waals surface area contributed by atoms with Gasteiger partial charge in [0, 0.05) is 58.4 Å². The number of aliphatic hydroxyl groups is 1. The van der Waals surface area contributed by atoms with E-state index < -0.39 is 0 Å². The zero-order chi connectivity index (χ0) is 21.4. The molecule has 31 heavy (non-hydrogen) atoms. The van der Waals surface area contributed by atoms with Crippen molar-refractivity contribution in [2.75, 3.05) is 46.5 Å². The Bertz CT molecular complexity index is 684. The number of rotatable bonds is 8. The summed E-state index contributed by atoms with van der Waals surface area (Å²) in [6, 6.07) is 8.72. The van der Waals surface area contributed by atoms with Gasteiger partial charge in [-0.1, -0.05) is 38.1 Å². The predicted molar refractivity (Wildman–Crippen MR) is 138 cm³/mol. The summed E-state index contributed by atoms with van der Waals surface area (Å²) < 4.78 is 5.60. The molecule has 0 radical (unpaired) electrons. The molecule has 2 aliphatic heterocycles. The highest BCUT2D eigenvalue weighted by Crippen LogP contribution is 2.31. The summed E-state index contributed by atoms with van der Waals surface area (Å²) in [7, 11) is 1.81. The average molecular weight is 545 g/mol. The maximum absolute atomic E-state index is 9.43. The maximum atomic E-state index is 9.43. The van der Waals surface area contributed by atoms with Gasteiger partial charge in [-0.2, -0.15) is 0 Å². The summed E-state index contributed by atoms with van der Waals surface area (Å²) in [6.45, 7) is 11.3. The van der Waals surface area contributed by atoms with Crippen molar-refractivity contribution in [2.24, 2.45) is 22.2 Å². The fourth-order valence-corrected chi connectivity index (χ4v) is 5.03. The van der Waals surface area contributed by atoms with Crippen LogP contribution in [0.25, 0.3) is 0 Å². The van der Waals surface area contributed by atoms with Crippen LogP contribution in [0, 0.1) is 17.3 Å². The van der Waals surface area contributed by atoms with E-state index in [1.165, 1.54) is 30.6 Å². The number of hydrogen-bond donors (Lipinski definition) is 3. The number of ether oxygens (including phenoxy) is 1. The van der Waals surface area contributed by atoms with Gasteiger partial charge in [-0.15, -0.1) is 24.0 Å². The molecule has 1 aromatic rings. The van der Waals surface area contributed by atoms with Crippen LogP contribution in [0.5, 0.6) is 0 Å². The van der Waals surface area contributed by atoms with Crippen molar-refractivity contribution in [3.63, 3.8) is 0 Å². The van der Waals surface area contributed by atoms with Crippen molar-refractivity contribution in [3.8, 4) is 0 Å². The molecule has 0 aromatic heterocycles. The van der Waals surface area contributed by atoms with Gasteiger partial charge < -0.3 is 20.5 Å². The third kappa shape index (κ3) is 7.87. The number of hydrogen-bond acceptors (Lipinski definition) is 4. The number of likely N-dealkylation sites (tertiary alicyclic amines) is 1. The zero-order valence-corrected chi connectivity index (χ0v) is 21.7. The Hall–Kier alpha value is -0.900. The Morgan fingerprint density at radius 2 is 1.90 bits per heavy atom. The molecule has 0 amide bonds. The average Bonchev–Trinajstić information content (AvgIpc) is 3.17. The van der Waals surface area contributed by atoms with Crippen LogP contribution in [0.1, 0.15) is 44.2 Å². The molecule has 3 N–H and O–H groups in total. The molecule has 0 saturated carbocycles. The fraction of sp³-hybridized carbons (Fsp3) is 0.708. The quantitative estimate of drug-likeness (QED) is 0.267. The summed E-state index contributed by atoms with van der Waals surface area (Å²) in [5, 5.41) is 16.4. The number of nitrogens with one attached hydrogen (secondary N) is 2. The largest absolute Gasteiger partial charge is 0.396 e. The summed E-state index contributed by atoms with van der Waals surface area (Å²) >= 11 is 0. The standard InChI is InChI=1S/C24H40N4O2.HI/c1-19-12-20(2)15-28(14-19)16-22-7-5-4-6-21(22)13-26-23(25-3)27-17-24(8-10-29)9-11-30-18-24;/h4-7,19-20,29H,8-18H2,1-3H3,(H2,25,26,27);1H. The van der Waals surface area contributed by atoms with Crippen LogP contribution in [0.2, 0.25) is 0 Å². The molecule has 3 rings (SSSR count). The summed E-state index contributed by atoms with van der Waals surface area (Å²) in [5.74, 6) is 2.34. The highest BCUT2D eigenvalue weighted by atomic mass is 127. The van der Waals surface area contributed by atoms with E-state index in [1.54, 1.807) is 0 Å². The van der Waals surface area contributed by atoms with Gasteiger partial charge in [-0.05, 0) is 42.2 Å². The Morgan fingerprint density at radius 1 is 1.19 bits per heavy atom. The molecule has 1 aromatic carbocycles. The smallest absolute Gasteiger partial charge is 0.191 e. The monoisotopic (exact) mass is 544 g/mol. The van der Waals surface area contributed by atoms with Crippen molar-refractivity contribution in [1.29, 1.82) is 0 Å². The molecule has 6 nitrogen and oxygen atoms in total. The molecular formula is C24H41IN4O2. The third-order valence-electron chi connectivity index (χ3n) is 6.58. The first-order chi connectivity index (χ1) is 14.5. The molecular weight excluding hydrogens is 503 g/mol. The van der Waals surface area contributed by atoms with Gasteiger partial charge >= 0.3 is 0 Å². The first kappa shape index (κ1) is 26.4. The highest BCUT2D eigenvalue weighted by molar-refractivity contribution is 14.0. The topological polar surface area (TPSA) is 69.1 Å². The second-order valence-electron chi connectivity index (χ2n) is 9.46. The van der Waals surface area contributed by atoms with Gasteiger partial charge in [0.05, 0.1) is 6.61 Å². The molecule has 2 fully saturated rings. The molecule has 0 bridgehead atoms. The van der Waals surface area contributed by atoms with Gasteiger partial charge in [0.15, 0.2) is 5.96 Å². The molecule has 0 spiro atoms. The van der Waals surface area contributed by atoms with Crippen LogP contribution in [0.15, 0.2) is 29.3 Å². The van der Waals surface area contributed by atoms with Crippen LogP contribution < -0.4 is 10.6 Å². The summed E-state index contributed by atoms with van der Waals surface area (Å²) in [5.41, 5.74) is 2.72. The molecule has 2 saturated heterocycles. The number of aliphatic imine (C=N–C) groups is 1. The molecule has 3 unspecified atom stereocenters. The third-order valence-corrected chi connectivity index (χ3v) is 6.58. The maximum Gasteiger partial charge on any atom is 0.191 e. The molecule has 2 heterocycles. The lowest BCUT2D eigenvalue weighted by Gasteiger charge is -2.35. The van der Waals surface area contributed by atoms with E-state index in [2.05, 4.69) is 58.6 Å². The number of nitrogens with zero attached hydrogens (tertiary/aromatic N) is 2. The second-order valence-corrected chi connectivity index (χ2v) is 9.46. The van der Waals surface area contributed by atoms with Crippen molar-refractivity contribution < 1.29 is 9.84 Å². The summed E-state index contributed by atoms with van der Waals surface area (Å²) in [6.07, 6.45) is 3.07. The van der Waals surface area contributed by atoms with E-state index in [1.807, 2.05) is 7.05 Å². The molecule has 176 valence electrons. The second kappa shape index (κ2) is 13.0. The van der Waals surface area contributed by atoms with E-state index in [0.29, 0.717) is 6.61 Å². The Balaban J connectivity index is 0.00000341.